The molecule has 0 aliphatic carbocycles. The molecule has 0 bridgehead atoms. The smallest absolute Gasteiger partial charge is 0.401 e. The molecule has 0 unspecified atom stereocenters. The van der Waals surface area contributed by atoms with Crippen molar-refractivity contribution in [3.63, 3.8) is 0 Å². The molecule has 0 spiro atoms. The molecule has 1 aromatic heterocycles. The summed E-state index contributed by atoms with van der Waals surface area (Å²) in [5.41, 5.74) is 0. The van der Waals surface area contributed by atoms with E-state index >= 15 is 0 Å². The second-order valence-corrected chi connectivity index (χ2v) is 3.24. The Morgan fingerprint density at radius 2 is 2.00 bits per heavy atom. The zero-order chi connectivity index (χ0) is 10.9. The fourth-order valence-electron chi connectivity index (χ4n) is 0.630. The summed E-state index contributed by atoms with van der Waals surface area (Å²) in [5, 5.41) is -0.574. The fraction of sp³-hybridized carbons (Fsp3) is 0.167. The maximum absolute atomic E-state index is 12.7. The number of nitrogens with zero attached hydrogens (tertiary/aromatic N) is 1. The third-order valence-electron chi connectivity index (χ3n) is 1.11. The molecule has 0 aliphatic rings. The van der Waals surface area contributed by atoms with E-state index in [1.54, 1.807) is 0 Å². The molecular weight excluding hydrogens is 293 g/mol. The lowest BCUT2D eigenvalue weighted by Crippen LogP contribution is -2.18. The molecule has 0 aromatic carbocycles. The third kappa shape index (κ3) is 2.71. The Bertz CT molecular complexity index is 356. The quantitative estimate of drug-likeness (QED) is 0.584. The third-order valence-corrected chi connectivity index (χ3v) is 2.11. The van der Waals surface area contributed by atoms with Crippen molar-refractivity contribution < 1.29 is 22.3 Å². The highest BCUT2D eigenvalue weighted by molar-refractivity contribution is 9.10. The van der Waals surface area contributed by atoms with Crippen LogP contribution in [-0.4, -0.2) is 11.3 Å². The van der Waals surface area contributed by atoms with E-state index in [2.05, 4.69) is 25.7 Å². The number of pyridine rings is 1. The van der Waals surface area contributed by atoms with Crippen LogP contribution < -0.4 is 4.74 Å². The van der Waals surface area contributed by atoms with Crippen molar-refractivity contribution in [1.82, 2.24) is 4.98 Å². The van der Waals surface area contributed by atoms with Crippen LogP contribution in [0.4, 0.5) is 17.6 Å². The highest BCUT2D eigenvalue weighted by Gasteiger charge is 2.34. The van der Waals surface area contributed by atoms with Gasteiger partial charge in [-0.1, -0.05) is 11.6 Å². The average Bonchev–Trinajstić information content (AvgIpc) is 2.04. The first-order chi connectivity index (χ1) is 6.31. The molecule has 0 saturated heterocycles. The van der Waals surface area contributed by atoms with Gasteiger partial charge in [-0.3, -0.25) is 0 Å². The van der Waals surface area contributed by atoms with E-state index in [4.69, 9.17) is 11.6 Å². The van der Waals surface area contributed by atoms with Crippen LogP contribution in [-0.2, 0) is 0 Å². The predicted octanol–water partition coefficient (Wildman–Crippen LogP) is 3.54. The van der Waals surface area contributed by atoms with Crippen molar-refractivity contribution in [3.05, 3.63) is 21.6 Å². The molecule has 0 aliphatic heterocycles. The summed E-state index contributed by atoms with van der Waals surface area (Å²) in [7, 11) is 0. The van der Waals surface area contributed by atoms with Crippen LogP contribution in [0.5, 0.6) is 5.75 Å². The van der Waals surface area contributed by atoms with Crippen LogP contribution >= 0.6 is 27.5 Å². The molecule has 0 radical (unpaired) electrons. The summed E-state index contributed by atoms with van der Waals surface area (Å²) in [6.07, 6.45) is -4.27. The zero-order valence-corrected chi connectivity index (χ0v) is 8.54. The maximum Gasteiger partial charge on any atom is 0.573 e. The lowest BCUT2D eigenvalue weighted by molar-refractivity contribution is -0.275. The van der Waals surface area contributed by atoms with E-state index < -0.39 is 27.6 Å². The Balaban J connectivity index is 3.13. The first-order valence-electron chi connectivity index (χ1n) is 3.06. The van der Waals surface area contributed by atoms with Gasteiger partial charge in [-0.25, -0.2) is 9.37 Å². The molecular formula is C6HBrClF4NO. The normalized spacial score (nSPS) is 11.6. The van der Waals surface area contributed by atoms with Crippen LogP contribution in [0.1, 0.15) is 0 Å². The van der Waals surface area contributed by atoms with Crippen LogP contribution in [0.25, 0.3) is 0 Å². The predicted molar refractivity (Wildman–Crippen MR) is 43.6 cm³/mol. The molecule has 1 heterocycles. The number of rotatable bonds is 1. The van der Waals surface area contributed by atoms with Crippen molar-refractivity contribution in [2.75, 3.05) is 0 Å². The highest BCUT2D eigenvalue weighted by atomic mass is 79.9. The highest BCUT2D eigenvalue weighted by Crippen LogP contribution is 2.36. The molecule has 2 nitrogen and oxygen atoms in total. The Labute approximate surface area is 89.0 Å². The van der Waals surface area contributed by atoms with Crippen molar-refractivity contribution in [3.8, 4) is 5.75 Å². The molecule has 0 atom stereocenters. The van der Waals surface area contributed by atoms with E-state index in [1.165, 1.54) is 0 Å². The van der Waals surface area contributed by atoms with Crippen LogP contribution in [0.15, 0.2) is 10.7 Å². The molecule has 0 amide bonds. The van der Waals surface area contributed by atoms with Gasteiger partial charge < -0.3 is 4.74 Å². The minimum atomic E-state index is -4.94. The number of halogens is 6. The van der Waals surface area contributed by atoms with Gasteiger partial charge in [-0.05, 0) is 15.9 Å². The lowest BCUT2D eigenvalue weighted by Gasteiger charge is -2.11. The Hall–Kier alpha value is -0.560. The van der Waals surface area contributed by atoms with E-state index in [1.807, 2.05) is 0 Å². The van der Waals surface area contributed by atoms with Gasteiger partial charge >= 0.3 is 6.36 Å². The van der Waals surface area contributed by atoms with Gasteiger partial charge in [0.2, 0.25) is 0 Å². The van der Waals surface area contributed by atoms with Crippen LogP contribution in [0.2, 0.25) is 5.15 Å². The van der Waals surface area contributed by atoms with Crippen molar-refractivity contribution >= 4 is 27.5 Å². The zero-order valence-electron chi connectivity index (χ0n) is 6.20. The van der Waals surface area contributed by atoms with E-state index in [-0.39, 0.29) is 0 Å². The van der Waals surface area contributed by atoms with Crippen molar-refractivity contribution in [1.29, 1.82) is 0 Å². The van der Waals surface area contributed by atoms with Crippen LogP contribution in [0.3, 0.4) is 0 Å². The van der Waals surface area contributed by atoms with Crippen LogP contribution in [0, 0.1) is 5.82 Å². The van der Waals surface area contributed by atoms with Gasteiger partial charge in [-0.2, -0.15) is 0 Å². The minimum absolute atomic E-state index is 0.519. The molecule has 14 heavy (non-hydrogen) atoms. The van der Waals surface area contributed by atoms with E-state index in [9.17, 15) is 17.6 Å². The number of hydrogen-bond acceptors (Lipinski definition) is 2. The fourth-order valence-corrected chi connectivity index (χ4v) is 1.30. The summed E-state index contributed by atoms with van der Waals surface area (Å²) in [5.74, 6) is -1.88. The molecule has 0 saturated carbocycles. The van der Waals surface area contributed by atoms with Gasteiger partial charge in [0, 0.05) is 0 Å². The first kappa shape index (κ1) is 11.5. The van der Waals surface area contributed by atoms with Crippen molar-refractivity contribution in [2.45, 2.75) is 6.36 Å². The summed E-state index contributed by atoms with van der Waals surface area (Å²) < 4.78 is 51.0. The summed E-state index contributed by atoms with van der Waals surface area (Å²) in [4.78, 5) is 3.16. The Morgan fingerprint density at radius 1 is 1.43 bits per heavy atom. The standard InChI is InChI=1S/C6HBrClF4NO/c7-3-2(9)1-13-5(8)4(3)14-6(10,11)12/h1H. The van der Waals surface area contributed by atoms with E-state index in [0.29, 0.717) is 6.20 Å². The van der Waals surface area contributed by atoms with E-state index in [0.717, 1.165) is 0 Å². The van der Waals surface area contributed by atoms with Gasteiger partial charge in [0.15, 0.2) is 16.7 Å². The second kappa shape index (κ2) is 3.90. The summed E-state index contributed by atoms with van der Waals surface area (Å²) >= 11 is 7.83. The molecule has 0 N–H and O–H groups in total. The second-order valence-electron chi connectivity index (χ2n) is 2.09. The lowest BCUT2D eigenvalue weighted by atomic mass is 10.4. The number of hydrogen-bond donors (Lipinski definition) is 0. The van der Waals surface area contributed by atoms with Gasteiger partial charge in [-0.15, -0.1) is 13.2 Å². The van der Waals surface area contributed by atoms with Gasteiger partial charge in [0.25, 0.3) is 0 Å². The average molecular weight is 294 g/mol. The number of alkyl halides is 3. The number of aromatic nitrogens is 1. The molecule has 78 valence electrons. The Morgan fingerprint density at radius 3 is 2.50 bits per heavy atom. The summed E-state index contributed by atoms with van der Waals surface area (Å²) in [6, 6.07) is 0. The summed E-state index contributed by atoms with van der Waals surface area (Å²) in [6.45, 7) is 0. The topological polar surface area (TPSA) is 22.1 Å². The maximum atomic E-state index is 12.7. The molecule has 1 rings (SSSR count). The SMILES string of the molecule is Fc1cnc(Cl)c(OC(F)(F)F)c1Br. The monoisotopic (exact) mass is 293 g/mol. The first-order valence-corrected chi connectivity index (χ1v) is 4.23. The van der Waals surface area contributed by atoms with Gasteiger partial charge in [0.05, 0.1) is 6.20 Å². The van der Waals surface area contributed by atoms with Gasteiger partial charge in [0.1, 0.15) is 4.47 Å². The van der Waals surface area contributed by atoms with Crippen molar-refractivity contribution in [2.24, 2.45) is 0 Å². The minimum Gasteiger partial charge on any atom is -0.401 e. The largest absolute Gasteiger partial charge is 0.573 e. The Kier molecular flexibility index (Phi) is 3.20. The molecule has 0 fully saturated rings. The number of ether oxygens (including phenoxy) is 1. The molecule has 8 heteroatoms. The molecule has 1 aromatic rings.